The number of Topliss-reactive ketones (excluding diaryl/α,β-unsaturated/α-hetero) is 1. The molecule has 1 heterocycles. The number of carbonyl (C=O) groups is 2. The highest BCUT2D eigenvalue weighted by atomic mass is 19.4. The van der Waals surface area contributed by atoms with Crippen LogP contribution in [0.4, 0.5) is 23.2 Å². The average Bonchev–Trinajstić information content (AvgIpc) is 3.05. The molecular weight excluding hydrogens is 450 g/mol. The number of nitrogens with zero attached hydrogens (tertiary/aromatic N) is 1. The average molecular weight is 469 g/mol. The van der Waals surface area contributed by atoms with E-state index in [1.807, 2.05) is 6.07 Å². The highest BCUT2D eigenvalue weighted by Gasteiger charge is 2.47. The van der Waals surface area contributed by atoms with Gasteiger partial charge in [0.2, 0.25) is 0 Å². The Kier molecular flexibility index (Phi) is 5.77. The maximum absolute atomic E-state index is 13.6. The molecule has 1 N–H and O–H groups in total. The van der Waals surface area contributed by atoms with Crippen molar-refractivity contribution >= 4 is 23.1 Å². The van der Waals surface area contributed by atoms with Crippen molar-refractivity contribution in [3.05, 3.63) is 106 Å². The number of ketones is 1. The lowest BCUT2D eigenvalue weighted by Crippen LogP contribution is -2.29. The van der Waals surface area contributed by atoms with E-state index >= 15 is 0 Å². The van der Waals surface area contributed by atoms with Crippen molar-refractivity contribution in [2.45, 2.75) is 26.1 Å². The van der Waals surface area contributed by atoms with Gasteiger partial charge in [-0.25, -0.2) is 4.39 Å². The molecule has 1 unspecified atom stereocenters. The molecule has 0 aromatic heterocycles. The quantitative estimate of drug-likeness (QED) is 0.219. The lowest BCUT2D eigenvalue weighted by molar-refractivity contribution is -0.137. The zero-order chi connectivity index (χ0) is 24.8. The standard InChI is InChI=1S/C26H19F4NO3/c1-14-6-7-15(2)20(12-14)23(32)21-22(16-8-10-18(27)11-9-16)31(25(34)24(21)33)19-5-3-4-17(13-19)26(28,29)30/h3-13,22,32H,1-2H3/b23-21+. The van der Waals surface area contributed by atoms with Crippen molar-refractivity contribution in [3.63, 3.8) is 0 Å². The number of hydrogen-bond acceptors (Lipinski definition) is 3. The Bertz CT molecular complexity index is 1330. The maximum atomic E-state index is 13.6. The van der Waals surface area contributed by atoms with Gasteiger partial charge in [0, 0.05) is 11.3 Å². The van der Waals surface area contributed by atoms with Gasteiger partial charge in [0.1, 0.15) is 11.6 Å². The van der Waals surface area contributed by atoms with Gasteiger partial charge in [0.25, 0.3) is 11.7 Å². The summed E-state index contributed by atoms with van der Waals surface area (Å²) in [6, 6.07) is 12.8. The van der Waals surface area contributed by atoms with E-state index in [0.717, 1.165) is 40.8 Å². The molecule has 1 amide bonds. The first-order chi connectivity index (χ1) is 16.0. The summed E-state index contributed by atoms with van der Waals surface area (Å²) < 4.78 is 53.6. The second-order valence-electron chi connectivity index (χ2n) is 8.09. The first-order valence-corrected chi connectivity index (χ1v) is 10.3. The molecule has 0 radical (unpaired) electrons. The summed E-state index contributed by atoms with van der Waals surface area (Å²) in [6.07, 6.45) is -4.67. The third-order valence-electron chi connectivity index (χ3n) is 5.73. The number of rotatable bonds is 3. The summed E-state index contributed by atoms with van der Waals surface area (Å²) in [4.78, 5) is 27.1. The van der Waals surface area contributed by atoms with Crippen LogP contribution in [0.1, 0.15) is 33.9 Å². The van der Waals surface area contributed by atoms with Gasteiger partial charge in [0.05, 0.1) is 17.2 Å². The van der Waals surface area contributed by atoms with E-state index < -0.39 is 41.0 Å². The molecule has 1 aliphatic rings. The molecule has 174 valence electrons. The summed E-state index contributed by atoms with van der Waals surface area (Å²) in [5.41, 5.74) is 0.524. The van der Waals surface area contributed by atoms with Gasteiger partial charge in [-0.05, 0) is 61.4 Å². The molecule has 0 aliphatic carbocycles. The number of halogens is 4. The molecule has 3 aromatic carbocycles. The molecule has 1 fully saturated rings. The first-order valence-electron chi connectivity index (χ1n) is 10.3. The Hall–Kier alpha value is -3.94. The van der Waals surface area contributed by atoms with Crippen molar-refractivity contribution < 1.29 is 32.3 Å². The van der Waals surface area contributed by atoms with Gasteiger partial charge in [-0.15, -0.1) is 0 Å². The van der Waals surface area contributed by atoms with Crippen LogP contribution >= 0.6 is 0 Å². The molecule has 0 spiro atoms. The van der Waals surface area contributed by atoms with Gasteiger partial charge in [-0.1, -0.05) is 35.9 Å². The molecule has 34 heavy (non-hydrogen) atoms. The second kappa shape index (κ2) is 8.44. The molecule has 1 saturated heterocycles. The molecule has 4 rings (SSSR count). The number of hydrogen-bond donors (Lipinski definition) is 1. The van der Waals surface area contributed by atoms with E-state index in [9.17, 15) is 32.3 Å². The number of amides is 1. The third kappa shape index (κ3) is 4.07. The van der Waals surface area contributed by atoms with Crippen molar-refractivity contribution in [2.75, 3.05) is 4.90 Å². The first kappa shape index (κ1) is 23.2. The summed E-state index contributed by atoms with van der Waals surface area (Å²) in [5.74, 6) is -3.18. The Labute approximate surface area is 192 Å². The maximum Gasteiger partial charge on any atom is 0.416 e. The highest BCUT2D eigenvalue weighted by Crippen LogP contribution is 2.43. The number of aliphatic hydroxyl groups is 1. The van der Waals surface area contributed by atoms with Crippen molar-refractivity contribution in [1.29, 1.82) is 0 Å². The molecule has 0 bridgehead atoms. The van der Waals surface area contributed by atoms with Crippen molar-refractivity contribution in [1.82, 2.24) is 0 Å². The van der Waals surface area contributed by atoms with E-state index in [4.69, 9.17) is 0 Å². The van der Waals surface area contributed by atoms with Crippen LogP contribution in [0.5, 0.6) is 0 Å². The molecule has 1 aliphatic heterocycles. The van der Waals surface area contributed by atoms with Crippen LogP contribution in [0.3, 0.4) is 0 Å². The Morgan fingerprint density at radius 1 is 0.941 bits per heavy atom. The Morgan fingerprint density at radius 3 is 2.26 bits per heavy atom. The molecule has 8 heteroatoms. The Morgan fingerprint density at radius 2 is 1.62 bits per heavy atom. The van der Waals surface area contributed by atoms with Crippen LogP contribution < -0.4 is 4.90 Å². The molecular formula is C26H19F4NO3. The van der Waals surface area contributed by atoms with E-state index in [2.05, 4.69) is 0 Å². The fraction of sp³-hybridized carbons (Fsp3) is 0.154. The number of aryl methyl sites for hydroxylation is 2. The van der Waals surface area contributed by atoms with Gasteiger partial charge >= 0.3 is 6.18 Å². The van der Waals surface area contributed by atoms with Gasteiger partial charge < -0.3 is 5.11 Å². The smallest absolute Gasteiger partial charge is 0.416 e. The van der Waals surface area contributed by atoms with Crippen molar-refractivity contribution in [3.8, 4) is 0 Å². The minimum atomic E-state index is -4.67. The number of alkyl halides is 3. The zero-order valence-electron chi connectivity index (χ0n) is 18.2. The van der Waals surface area contributed by atoms with Gasteiger partial charge in [-0.3, -0.25) is 14.5 Å². The predicted octanol–water partition coefficient (Wildman–Crippen LogP) is 6.09. The summed E-state index contributed by atoms with van der Waals surface area (Å²) >= 11 is 0. The van der Waals surface area contributed by atoms with Crippen LogP contribution in [0, 0.1) is 19.7 Å². The van der Waals surface area contributed by atoms with Gasteiger partial charge in [-0.2, -0.15) is 13.2 Å². The van der Waals surface area contributed by atoms with E-state index in [1.54, 1.807) is 26.0 Å². The minimum absolute atomic E-state index is 0.175. The number of anilines is 1. The van der Waals surface area contributed by atoms with Crippen molar-refractivity contribution in [2.24, 2.45) is 0 Å². The third-order valence-corrected chi connectivity index (χ3v) is 5.73. The number of benzene rings is 3. The summed E-state index contributed by atoms with van der Waals surface area (Å²) in [5, 5.41) is 11.2. The number of carbonyl (C=O) groups excluding carboxylic acids is 2. The van der Waals surface area contributed by atoms with Gasteiger partial charge in [0.15, 0.2) is 0 Å². The van der Waals surface area contributed by atoms with E-state index in [-0.39, 0.29) is 16.8 Å². The lowest BCUT2D eigenvalue weighted by atomic mass is 9.93. The fourth-order valence-electron chi connectivity index (χ4n) is 4.03. The lowest BCUT2D eigenvalue weighted by Gasteiger charge is -2.26. The monoisotopic (exact) mass is 469 g/mol. The molecule has 4 nitrogen and oxygen atoms in total. The SMILES string of the molecule is Cc1ccc(C)c(/C(O)=C2\C(=O)C(=O)N(c3cccc(C(F)(F)F)c3)C2c2ccc(F)cc2)c1. The van der Waals surface area contributed by atoms with Crippen LogP contribution in [0.2, 0.25) is 0 Å². The number of aliphatic hydroxyl groups excluding tert-OH is 1. The predicted molar refractivity (Wildman–Crippen MR) is 119 cm³/mol. The van der Waals surface area contributed by atoms with E-state index in [1.165, 1.54) is 18.2 Å². The van der Waals surface area contributed by atoms with Crippen LogP contribution in [-0.2, 0) is 15.8 Å². The summed E-state index contributed by atoms with van der Waals surface area (Å²) in [6.45, 7) is 3.50. The zero-order valence-corrected chi connectivity index (χ0v) is 18.2. The normalized spacial score (nSPS) is 17.9. The fourth-order valence-corrected chi connectivity index (χ4v) is 4.03. The van der Waals surface area contributed by atoms with E-state index in [0.29, 0.717) is 11.1 Å². The molecule has 3 aromatic rings. The molecule has 1 atom stereocenters. The minimum Gasteiger partial charge on any atom is -0.507 e. The molecule has 0 saturated carbocycles. The highest BCUT2D eigenvalue weighted by molar-refractivity contribution is 6.51. The summed E-state index contributed by atoms with van der Waals surface area (Å²) in [7, 11) is 0. The topological polar surface area (TPSA) is 57.6 Å². The van der Waals surface area contributed by atoms with Crippen LogP contribution in [-0.4, -0.2) is 16.8 Å². The second-order valence-corrected chi connectivity index (χ2v) is 8.09. The Balaban J connectivity index is 1.98. The van der Waals surface area contributed by atoms with Crippen LogP contribution in [0.25, 0.3) is 5.76 Å². The van der Waals surface area contributed by atoms with Crippen LogP contribution in [0.15, 0.2) is 72.3 Å². The largest absolute Gasteiger partial charge is 0.507 e.